The Kier molecular flexibility index (Phi) is 4.79. The van der Waals surface area contributed by atoms with Gasteiger partial charge in [0.1, 0.15) is 0 Å². The van der Waals surface area contributed by atoms with E-state index in [-0.39, 0.29) is 0 Å². The van der Waals surface area contributed by atoms with Gasteiger partial charge in [-0.3, -0.25) is 0 Å². The van der Waals surface area contributed by atoms with Crippen LogP contribution in [-0.4, -0.2) is 83.3 Å². The van der Waals surface area contributed by atoms with E-state index in [1.165, 1.54) is 17.6 Å². The molecule has 1 aromatic rings. The molecule has 2 saturated heterocycles. The van der Waals surface area contributed by atoms with Gasteiger partial charge in [-0.1, -0.05) is 0 Å². The summed E-state index contributed by atoms with van der Waals surface area (Å²) in [5.41, 5.74) is 2.45. The summed E-state index contributed by atoms with van der Waals surface area (Å²) < 4.78 is 24.7. The first-order valence-electron chi connectivity index (χ1n) is 8.17. The lowest BCUT2D eigenvalue weighted by atomic mass is 10.2. The van der Waals surface area contributed by atoms with Crippen LogP contribution in [0.5, 0.6) is 0 Å². The predicted molar refractivity (Wildman–Crippen MR) is 94.8 cm³/mol. The highest BCUT2D eigenvalue weighted by Crippen LogP contribution is 2.23. The van der Waals surface area contributed by atoms with Crippen molar-refractivity contribution in [2.75, 3.05) is 75.5 Å². The Morgan fingerprint density at radius 1 is 0.739 bits per heavy atom. The fourth-order valence-electron chi connectivity index (χ4n) is 3.22. The molecule has 2 aliphatic heterocycles. The molecule has 0 radical (unpaired) electrons. The number of anilines is 2. The van der Waals surface area contributed by atoms with Crippen LogP contribution < -0.4 is 9.80 Å². The first-order chi connectivity index (χ1) is 10.9. The standard InChI is InChI=1S/C16H26N4O2S/c1-17-7-9-18(10-8-17)15-3-5-16(6-4-15)19-11-13-20(14-12-19)23(2,21)22/h3-6H,7-14H2,1-2H3. The van der Waals surface area contributed by atoms with Crippen LogP contribution in [0, 0.1) is 0 Å². The molecule has 23 heavy (non-hydrogen) atoms. The number of rotatable bonds is 3. The monoisotopic (exact) mass is 338 g/mol. The summed E-state index contributed by atoms with van der Waals surface area (Å²) in [6.45, 7) is 7.00. The van der Waals surface area contributed by atoms with Gasteiger partial charge in [-0.25, -0.2) is 8.42 Å². The van der Waals surface area contributed by atoms with Crippen molar-refractivity contribution in [3.05, 3.63) is 24.3 Å². The first-order valence-corrected chi connectivity index (χ1v) is 10.0. The van der Waals surface area contributed by atoms with Gasteiger partial charge >= 0.3 is 0 Å². The van der Waals surface area contributed by atoms with Gasteiger partial charge < -0.3 is 14.7 Å². The highest BCUT2D eigenvalue weighted by atomic mass is 32.2. The molecule has 0 aromatic heterocycles. The van der Waals surface area contributed by atoms with Crippen molar-refractivity contribution in [1.82, 2.24) is 9.21 Å². The third-order valence-electron chi connectivity index (χ3n) is 4.79. The van der Waals surface area contributed by atoms with Crippen LogP contribution in [0.2, 0.25) is 0 Å². The van der Waals surface area contributed by atoms with E-state index in [9.17, 15) is 8.42 Å². The summed E-state index contributed by atoms with van der Waals surface area (Å²) in [5.74, 6) is 0. The van der Waals surface area contributed by atoms with Gasteiger partial charge in [0, 0.05) is 63.7 Å². The zero-order valence-corrected chi connectivity index (χ0v) is 14.8. The maximum absolute atomic E-state index is 11.6. The minimum atomic E-state index is -3.06. The van der Waals surface area contributed by atoms with E-state index < -0.39 is 10.0 Å². The van der Waals surface area contributed by atoms with Gasteiger partial charge in [-0.15, -0.1) is 0 Å². The fraction of sp³-hybridized carbons (Fsp3) is 0.625. The second-order valence-electron chi connectivity index (χ2n) is 6.46. The Hall–Kier alpha value is -1.31. The summed E-state index contributed by atoms with van der Waals surface area (Å²) >= 11 is 0. The van der Waals surface area contributed by atoms with E-state index in [2.05, 4.69) is 46.0 Å². The Labute approximate surface area is 139 Å². The third-order valence-corrected chi connectivity index (χ3v) is 6.09. The molecule has 2 heterocycles. The van der Waals surface area contributed by atoms with Gasteiger partial charge in [0.15, 0.2) is 0 Å². The molecule has 0 N–H and O–H groups in total. The lowest BCUT2D eigenvalue weighted by molar-refractivity contribution is 0.313. The van der Waals surface area contributed by atoms with E-state index >= 15 is 0 Å². The average Bonchev–Trinajstić information content (AvgIpc) is 2.55. The zero-order chi connectivity index (χ0) is 16.4. The van der Waals surface area contributed by atoms with Crippen molar-refractivity contribution in [2.24, 2.45) is 0 Å². The quantitative estimate of drug-likeness (QED) is 0.804. The van der Waals surface area contributed by atoms with Crippen molar-refractivity contribution in [1.29, 1.82) is 0 Å². The Bertz CT molecular complexity index is 616. The minimum Gasteiger partial charge on any atom is -0.369 e. The fourth-order valence-corrected chi connectivity index (χ4v) is 4.04. The summed E-state index contributed by atoms with van der Waals surface area (Å²) in [4.78, 5) is 7.03. The smallest absolute Gasteiger partial charge is 0.211 e. The molecule has 0 spiro atoms. The summed E-state index contributed by atoms with van der Waals surface area (Å²) in [6.07, 6.45) is 1.29. The number of hydrogen-bond acceptors (Lipinski definition) is 5. The molecular weight excluding hydrogens is 312 g/mol. The molecule has 0 amide bonds. The molecule has 1 aromatic carbocycles. The highest BCUT2D eigenvalue weighted by molar-refractivity contribution is 7.88. The molecule has 6 nitrogen and oxygen atoms in total. The Morgan fingerprint density at radius 3 is 1.52 bits per heavy atom. The molecule has 2 fully saturated rings. The van der Waals surface area contributed by atoms with Crippen molar-refractivity contribution >= 4 is 21.4 Å². The van der Waals surface area contributed by atoms with E-state index in [1.807, 2.05) is 0 Å². The molecule has 0 bridgehead atoms. The number of piperazine rings is 2. The SMILES string of the molecule is CN1CCN(c2ccc(N3CCN(S(C)(=O)=O)CC3)cc2)CC1. The number of hydrogen-bond donors (Lipinski definition) is 0. The highest BCUT2D eigenvalue weighted by Gasteiger charge is 2.23. The average molecular weight is 338 g/mol. The summed E-state index contributed by atoms with van der Waals surface area (Å²) in [6, 6.07) is 8.68. The summed E-state index contributed by atoms with van der Waals surface area (Å²) in [5, 5.41) is 0. The zero-order valence-electron chi connectivity index (χ0n) is 14.0. The Morgan fingerprint density at radius 2 is 1.13 bits per heavy atom. The van der Waals surface area contributed by atoms with Crippen LogP contribution in [-0.2, 0) is 10.0 Å². The second kappa shape index (κ2) is 6.67. The number of benzene rings is 1. The molecule has 7 heteroatoms. The van der Waals surface area contributed by atoms with Crippen LogP contribution >= 0.6 is 0 Å². The van der Waals surface area contributed by atoms with E-state index in [1.54, 1.807) is 4.31 Å². The largest absolute Gasteiger partial charge is 0.369 e. The van der Waals surface area contributed by atoms with E-state index in [0.717, 1.165) is 39.3 Å². The second-order valence-corrected chi connectivity index (χ2v) is 8.44. The number of likely N-dealkylation sites (N-methyl/N-ethyl adjacent to an activating group) is 1. The molecular formula is C16H26N4O2S. The van der Waals surface area contributed by atoms with Gasteiger partial charge in [0.2, 0.25) is 10.0 Å². The lowest BCUT2D eigenvalue weighted by Gasteiger charge is -2.36. The number of sulfonamides is 1. The molecule has 0 aliphatic carbocycles. The Balaban J connectivity index is 1.60. The van der Waals surface area contributed by atoms with Crippen LogP contribution in [0.3, 0.4) is 0 Å². The maximum Gasteiger partial charge on any atom is 0.211 e. The topological polar surface area (TPSA) is 47.1 Å². The molecule has 0 atom stereocenters. The number of nitrogens with zero attached hydrogens (tertiary/aromatic N) is 4. The minimum absolute atomic E-state index is 0.568. The van der Waals surface area contributed by atoms with Crippen LogP contribution in [0.1, 0.15) is 0 Å². The van der Waals surface area contributed by atoms with Crippen LogP contribution in [0.15, 0.2) is 24.3 Å². The van der Waals surface area contributed by atoms with Crippen LogP contribution in [0.25, 0.3) is 0 Å². The molecule has 2 aliphatic rings. The van der Waals surface area contributed by atoms with Crippen molar-refractivity contribution in [3.63, 3.8) is 0 Å². The predicted octanol–water partition coefficient (Wildman–Crippen LogP) is 0.520. The van der Waals surface area contributed by atoms with Gasteiger partial charge in [0.25, 0.3) is 0 Å². The molecule has 0 unspecified atom stereocenters. The maximum atomic E-state index is 11.6. The van der Waals surface area contributed by atoms with Gasteiger partial charge in [-0.2, -0.15) is 4.31 Å². The van der Waals surface area contributed by atoms with Crippen LogP contribution in [0.4, 0.5) is 11.4 Å². The summed E-state index contributed by atoms with van der Waals surface area (Å²) in [7, 11) is -0.898. The molecule has 128 valence electrons. The first kappa shape index (κ1) is 16.5. The third kappa shape index (κ3) is 3.97. The molecule has 3 rings (SSSR count). The van der Waals surface area contributed by atoms with Crippen molar-refractivity contribution in [2.45, 2.75) is 0 Å². The normalized spacial score (nSPS) is 21.7. The molecule has 0 saturated carbocycles. The van der Waals surface area contributed by atoms with Crippen molar-refractivity contribution in [3.8, 4) is 0 Å². The van der Waals surface area contributed by atoms with E-state index in [4.69, 9.17) is 0 Å². The van der Waals surface area contributed by atoms with Gasteiger partial charge in [0.05, 0.1) is 6.26 Å². The van der Waals surface area contributed by atoms with Gasteiger partial charge in [-0.05, 0) is 31.3 Å². The van der Waals surface area contributed by atoms with E-state index in [0.29, 0.717) is 13.1 Å². The lowest BCUT2D eigenvalue weighted by Crippen LogP contribution is -2.48. The van der Waals surface area contributed by atoms with Crippen molar-refractivity contribution < 1.29 is 8.42 Å².